The first-order valence-electron chi connectivity index (χ1n) is 10.0. The number of rotatable bonds is 11. The fraction of sp³-hybridized carbons (Fsp3) is 0.435. The van der Waals surface area contributed by atoms with Gasteiger partial charge in [-0.3, -0.25) is 4.79 Å². The molecular formula is C23H31ClN2O3. The van der Waals surface area contributed by atoms with Crippen LogP contribution in [0, 0.1) is 12.8 Å². The van der Waals surface area contributed by atoms with E-state index in [1.54, 1.807) is 6.07 Å². The number of hydrogen-bond donors (Lipinski definition) is 2. The highest BCUT2D eigenvalue weighted by Crippen LogP contribution is 2.33. The van der Waals surface area contributed by atoms with E-state index in [0.29, 0.717) is 35.6 Å². The van der Waals surface area contributed by atoms with Gasteiger partial charge in [-0.15, -0.1) is 0 Å². The van der Waals surface area contributed by atoms with Crippen LogP contribution >= 0.6 is 11.6 Å². The monoisotopic (exact) mass is 418 g/mol. The molecule has 0 atom stereocenters. The van der Waals surface area contributed by atoms with E-state index in [2.05, 4.69) is 24.5 Å². The van der Waals surface area contributed by atoms with Gasteiger partial charge in [-0.05, 0) is 56.5 Å². The number of hydrogen-bond acceptors (Lipinski definition) is 4. The van der Waals surface area contributed by atoms with Gasteiger partial charge in [0.1, 0.15) is 0 Å². The smallest absolute Gasteiger partial charge is 0.262 e. The van der Waals surface area contributed by atoms with Crippen molar-refractivity contribution in [3.63, 3.8) is 0 Å². The topological polar surface area (TPSA) is 59.6 Å². The minimum atomic E-state index is -0.244. The van der Waals surface area contributed by atoms with Gasteiger partial charge in [-0.1, -0.05) is 43.1 Å². The van der Waals surface area contributed by atoms with Gasteiger partial charge < -0.3 is 20.1 Å². The molecule has 0 aliphatic carbocycles. The lowest BCUT2D eigenvalue weighted by atomic mass is 10.1. The zero-order valence-corrected chi connectivity index (χ0v) is 18.4. The van der Waals surface area contributed by atoms with E-state index in [0.717, 1.165) is 29.8 Å². The van der Waals surface area contributed by atoms with Gasteiger partial charge in [0.15, 0.2) is 18.1 Å². The molecule has 2 N–H and O–H groups in total. The molecule has 29 heavy (non-hydrogen) atoms. The molecule has 0 bridgehead atoms. The summed E-state index contributed by atoms with van der Waals surface area (Å²) >= 11 is 6.43. The average Bonchev–Trinajstić information content (AvgIpc) is 2.67. The summed E-state index contributed by atoms with van der Waals surface area (Å²) in [7, 11) is 0. The van der Waals surface area contributed by atoms with Crippen molar-refractivity contribution in [2.24, 2.45) is 5.92 Å². The molecule has 5 nitrogen and oxygen atoms in total. The number of anilines is 1. The molecule has 2 aromatic carbocycles. The number of carbonyl (C=O) groups excluding carboxylic acids is 1. The second kappa shape index (κ2) is 11.7. The summed E-state index contributed by atoms with van der Waals surface area (Å²) in [5, 5.41) is 6.79. The lowest BCUT2D eigenvalue weighted by Gasteiger charge is -2.15. The van der Waals surface area contributed by atoms with Crippen LogP contribution in [-0.2, 0) is 11.3 Å². The molecule has 0 unspecified atom stereocenters. The molecule has 0 aromatic heterocycles. The number of nitrogens with one attached hydrogen (secondary N) is 2. The molecule has 1 amide bonds. The van der Waals surface area contributed by atoms with Gasteiger partial charge in [0.2, 0.25) is 0 Å². The number of ether oxygens (including phenoxy) is 2. The first-order chi connectivity index (χ1) is 13.9. The van der Waals surface area contributed by atoms with Crippen molar-refractivity contribution in [3.8, 4) is 11.5 Å². The standard InChI is InChI=1S/C23H31ClN2O3/c1-5-28-21-12-18(14-25-11-10-16(2)3)20(24)13-22(21)29-15-23(27)26-19-8-6-17(4)7-9-19/h6-9,12-13,16,25H,5,10-11,14-15H2,1-4H3,(H,26,27). The van der Waals surface area contributed by atoms with E-state index >= 15 is 0 Å². The van der Waals surface area contributed by atoms with E-state index in [-0.39, 0.29) is 12.5 Å². The summed E-state index contributed by atoms with van der Waals surface area (Å²) < 4.78 is 11.4. The van der Waals surface area contributed by atoms with Crippen LogP contribution in [0.1, 0.15) is 38.3 Å². The van der Waals surface area contributed by atoms with Gasteiger partial charge in [-0.2, -0.15) is 0 Å². The average molecular weight is 419 g/mol. The van der Waals surface area contributed by atoms with Gasteiger partial charge in [0.05, 0.1) is 6.61 Å². The quantitative estimate of drug-likeness (QED) is 0.492. The van der Waals surface area contributed by atoms with Crippen LogP contribution in [0.2, 0.25) is 5.02 Å². The zero-order valence-electron chi connectivity index (χ0n) is 17.7. The molecule has 0 aliphatic heterocycles. The van der Waals surface area contributed by atoms with Gasteiger partial charge in [0, 0.05) is 23.3 Å². The summed E-state index contributed by atoms with van der Waals surface area (Å²) in [5.41, 5.74) is 2.81. The van der Waals surface area contributed by atoms with Crippen molar-refractivity contribution in [1.29, 1.82) is 0 Å². The Balaban J connectivity index is 1.98. The van der Waals surface area contributed by atoms with E-state index in [1.165, 1.54) is 0 Å². The van der Waals surface area contributed by atoms with E-state index in [4.69, 9.17) is 21.1 Å². The fourth-order valence-electron chi connectivity index (χ4n) is 2.68. The molecule has 2 aromatic rings. The Morgan fingerprint density at radius 2 is 1.79 bits per heavy atom. The third-order valence-electron chi connectivity index (χ3n) is 4.32. The molecule has 0 saturated heterocycles. The molecule has 6 heteroatoms. The minimum absolute atomic E-state index is 0.129. The maximum Gasteiger partial charge on any atom is 0.262 e. The van der Waals surface area contributed by atoms with Crippen LogP contribution in [0.5, 0.6) is 11.5 Å². The van der Waals surface area contributed by atoms with Crippen LogP contribution in [0.3, 0.4) is 0 Å². The number of aryl methyl sites for hydroxylation is 1. The molecule has 0 aliphatic rings. The minimum Gasteiger partial charge on any atom is -0.490 e. The second-order valence-electron chi connectivity index (χ2n) is 7.39. The van der Waals surface area contributed by atoms with Crippen LogP contribution < -0.4 is 20.1 Å². The first-order valence-corrected chi connectivity index (χ1v) is 10.4. The summed E-state index contributed by atoms with van der Waals surface area (Å²) in [6.45, 7) is 10.2. The van der Waals surface area contributed by atoms with Crippen molar-refractivity contribution in [2.75, 3.05) is 25.1 Å². The predicted molar refractivity (Wildman–Crippen MR) is 119 cm³/mol. The maximum absolute atomic E-state index is 12.2. The molecule has 0 heterocycles. The third kappa shape index (κ3) is 7.95. The molecule has 0 fully saturated rings. The Labute approximate surface area is 178 Å². The lowest BCUT2D eigenvalue weighted by molar-refractivity contribution is -0.118. The second-order valence-corrected chi connectivity index (χ2v) is 7.79. The maximum atomic E-state index is 12.2. The van der Waals surface area contributed by atoms with Gasteiger partial charge in [0.25, 0.3) is 5.91 Å². The Morgan fingerprint density at radius 1 is 1.10 bits per heavy atom. The Kier molecular flexibility index (Phi) is 9.29. The normalized spacial score (nSPS) is 10.8. The highest BCUT2D eigenvalue weighted by atomic mass is 35.5. The Morgan fingerprint density at radius 3 is 2.45 bits per heavy atom. The zero-order chi connectivity index (χ0) is 21.2. The van der Waals surface area contributed by atoms with Gasteiger partial charge >= 0.3 is 0 Å². The number of amides is 1. The van der Waals surface area contributed by atoms with Crippen LogP contribution in [0.15, 0.2) is 36.4 Å². The van der Waals surface area contributed by atoms with Crippen LogP contribution in [0.4, 0.5) is 5.69 Å². The van der Waals surface area contributed by atoms with E-state index in [9.17, 15) is 4.79 Å². The number of carbonyl (C=O) groups is 1. The predicted octanol–water partition coefficient (Wildman–Crippen LogP) is 5.20. The van der Waals surface area contributed by atoms with Crippen LogP contribution in [0.25, 0.3) is 0 Å². The summed E-state index contributed by atoms with van der Waals surface area (Å²) in [6, 6.07) is 11.2. The van der Waals surface area contributed by atoms with Gasteiger partial charge in [-0.25, -0.2) is 0 Å². The molecule has 2 rings (SSSR count). The highest BCUT2D eigenvalue weighted by molar-refractivity contribution is 6.31. The molecule has 0 saturated carbocycles. The van der Waals surface area contributed by atoms with Crippen molar-refractivity contribution in [3.05, 3.63) is 52.5 Å². The summed E-state index contributed by atoms with van der Waals surface area (Å²) in [4.78, 5) is 12.2. The lowest BCUT2D eigenvalue weighted by Crippen LogP contribution is -2.20. The summed E-state index contributed by atoms with van der Waals surface area (Å²) in [6.07, 6.45) is 1.10. The first kappa shape index (κ1) is 23.0. The Bertz CT molecular complexity index is 791. The Hall–Kier alpha value is -2.24. The molecule has 158 valence electrons. The van der Waals surface area contributed by atoms with Crippen LogP contribution in [-0.4, -0.2) is 25.7 Å². The SMILES string of the molecule is CCOc1cc(CNCCC(C)C)c(Cl)cc1OCC(=O)Nc1ccc(C)cc1. The number of halogens is 1. The number of benzene rings is 2. The highest BCUT2D eigenvalue weighted by Gasteiger charge is 2.13. The fourth-order valence-corrected chi connectivity index (χ4v) is 2.91. The molecule has 0 spiro atoms. The third-order valence-corrected chi connectivity index (χ3v) is 4.67. The van der Waals surface area contributed by atoms with E-state index < -0.39 is 0 Å². The largest absolute Gasteiger partial charge is 0.490 e. The molecular weight excluding hydrogens is 388 g/mol. The van der Waals surface area contributed by atoms with Crippen molar-refractivity contribution < 1.29 is 14.3 Å². The van der Waals surface area contributed by atoms with Crippen molar-refractivity contribution >= 4 is 23.2 Å². The van der Waals surface area contributed by atoms with E-state index in [1.807, 2.05) is 44.2 Å². The van der Waals surface area contributed by atoms with Crippen molar-refractivity contribution in [1.82, 2.24) is 5.32 Å². The summed E-state index contributed by atoms with van der Waals surface area (Å²) in [5.74, 6) is 1.45. The van der Waals surface area contributed by atoms with Crippen molar-refractivity contribution in [2.45, 2.75) is 40.7 Å². The molecule has 0 radical (unpaired) electrons.